The number of rotatable bonds is 19. The maximum absolute atomic E-state index is 12.8. The topological polar surface area (TPSA) is 146 Å². The minimum absolute atomic E-state index is 0.0192. The first-order valence-electron chi connectivity index (χ1n) is 15.1. The van der Waals surface area contributed by atoms with E-state index >= 15 is 0 Å². The normalized spacial score (nSPS) is 12.7. The largest absolute Gasteiger partial charge is 0.726 e. The van der Waals surface area contributed by atoms with Gasteiger partial charge in [0.1, 0.15) is 19.0 Å². The van der Waals surface area contributed by atoms with E-state index in [9.17, 15) is 22.6 Å². The Labute approximate surface area is 255 Å². The third-order valence-electron chi connectivity index (χ3n) is 6.51. The van der Waals surface area contributed by atoms with Gasteiger partial charge in [0.25, 0.3) is 6.04 Å². The Morgan fingerprint density at radius 2 is 1.58 bits per heavy atom. The Morgan fingerprint density at radius 1 is 0.907 bits per heavy atom. The summed E-state index contributed by atoms with van der Waals surface area (Å²) in [6.07, 6.45) is 15.2. The van der Waals surface area contributed by atoms with Crippen LogP contribution < -0.4 is 14.0 Å². The number of imidazole rings is 1. The zero-order valence-corrected chi connectivity index (χ0v) is 26.3. The number of unbranched alkanes of at least 4 members (excludes halogenated alkanes) is 7. The summed E-state index contributed by atoms with van der Waals surface area (Å²) in [4.78, 5) is 25.5. The first-order chi connectivity index (χ1) is 20.7. The summed E-state index contributed by atoms with van der Waals surface area (Å²) >= 11 is 0. The number of benzene rings is 1. The van der Waals surface area contributed by atoms with Crippen LogP contribution in [0.3, 0.4) is 0 Å². The standard InChI is InChI=1S/C22H29N2O6.C8H18O4S/c1-3-5-9-23-10-11-24(15-23)20(21(25)27-12-6-4-2)22(26)28-14-17-7-8-18-19(13-17)30-16-29-18;1-2-3-4-5-6-7-8-12-13(9,10)11/h7-8,10-11,13,15,20H,3-6,9,12,14,16H2,1-2H3;2-8H2,1H3,(H,9,10,11)/q+1;/p-1. The van der Waals surface area contributed by atoms with Crippen LogP contribution in [0.1, 0.15) is 96.6 Å². The van der Waals surface area contributed by atoms with Crippen LogP contribution in [0.5, 0.6) is 11.5 Å². The van der Waals surface area contributed by atoms with Crippen molar-refractivity contribution in [2.45, 2.75) is 104 Å². The molecule has 2 heterocycles. The van der Waals surface area contributed by atoms with Crippen LogP contribution >= 0.6 is 0 Å². The van der Waals surface area contributed by atoms with Crippen molar-refractivity contribution in [3.05, 3.63) is 42.5 Å². The number of ether oxygens (including phenoxy) is 4. The Kier molecular flexibility index (Phi) is 16.7. The summed E-state index contributed by atoms with van der Waals surface area (Å²) in [5, 5.41) is 0. The predicted octanol–water partition coefficient (Wildman–Crippen LogP) is 4.76. The Hall–Kier alpha value is -3.16. The van der Waals surface area contributed by atoms with E-state index in [-0.39, 0.29) is 26.6 Å². The summed E-state index contributed by atoms with van der Waals surface area (Å²) in [5.41, 5.74) is 0.746. The first-order valence-corrected chi connectivity index (χ1v) is 16.4. The van der Waals surface area contributed by atoms with Gasteiger partial charge in [0.2, 0.25) is 23.5 Å². The smallest absolute Gasteiger partial charge is 0.364 e. The SMILES string of the molecule is CCCCCCCCOS(=O)(=O)[O-].CCCCOC(=O)C(C(=O)OCc1ccc2c(c1)OCO2)[n+]1ccn(CCCC)c1. The average molecular weight is 627 g/mol. The lowest BCUT2D eigenvalue weighted by Gasteiger charge is -2.13. The average Bonchev–Trinajstić information content (AvgIpc) is 3.64. The number of hydrogen-bond acceptors (Lipinski definition) is 10. The minimum atomic E-state index is -4.47. The van der Waals surface area contributed by atoms with Crippen molar-refractivity contribution < 1.29 is 50.3 Å². The first kappa shape index (κ1) is 36.0. The van der Waals surface area contributed by atoms with Crippen LogP contribution in [0, 0.1) is 0 Å². The van der Waals surface area contributed by atoms with E-state index in [0.717, 1.165) is 50.6 Å². The van der Waals surface area contributed by atoms with E-state index in [0.29, 0.717) is 17.9 Å². The molecule has 242 valence electrons. The van der Waals surface area contributed by atoms with E-state index < -0.39 is 28.4 Å². The molecular weight excluding hydrogens is 580 g/mol. The van der Waals surface area contributed by atoms with Gasteiger partial charge in [0.15, 0.2) is 11.5 Å². The van der Waals surface area contributed by atoms with E-state index in [1.807, 2.05) is 17.7 Å². The molecule has 1 atom stereocenters. The van der Waals surface area contributed by atoms with Gasteiger partial charge in [-0.25, -0.2) is 27.1 Å². The van der Waals surface area contributed by atoms with Gasteiger partial charge < -0.3 is 23.5 Å². The third kappa shape index (κ3) is 14.2. The van der Waals surface area contributed by atoms with Gasteiger partial charge in [-0.05, 0) is 37.0 Å². The van der Waals surface area contributed by atoms with Crippen LogP contribution in [0.15, 0.2) is 36.9 Å². The lowest BCUT2D eigenvalue weighted by Crippen LogP contribution is -2.48. The molecule has 0 aliphatic carbocycles. The zero-order chi connectivity index (χ0) is 31.5. The van der Waals surface area contributed by atoms with Gasteiger partial charge in [-0.15, -0.1) is 0 Å². The van der Waals surface area contributed by atoms with E-state index in [2.05, 4.69) is 18.0 Å². The highest BCUT2D eigenvalue weighted by molar-refractivity contribution is 7.80. The number of carbonyl (C=O) groups is 2. The highest BCUT2D eigenvalue weighted by Crippen LogP contribution is 2.32. The van der Waals surface area contributed by atoms with Crippen molar-refractivity contribution >= 4 is 22.3 Å². The molecule has 0 saturated carbocycles. The number of aryl methyl sites for hydroxylation is 1. The van der Waals surface area contributed by atoms with Crippen molar-refractivity contribution in [2.75, 3.05) is 20.0 Å². The molecule has 0 saturated heterocycles. The Morgan fingerprint density at radius 3 is 2.30 bits per heavy atom. The van der Waals surface area contributed by atoms with Crippen LogP contribution in [0.4, 0.5) is 0 Å². The summed E-state index contributed by atoms with van der Waals surface area (Å²) in [6.45, 7) is 7.56. The molecule has 0 fully saturated rings. The quantitative estimate of drug-likeness (QED) is 0.0534. The van der Waals surface area contributed by atoms with E-state index in [4.69, 9.17) is 18.9 Å². The molecule has 1 aromatic heterocycles. The van der Waals surface area contributed by atoms with E-state index in [1.165, 1.54) is 19.3 Å². The Bertz CT molecular complexity index is 1220. The number of nitrogens with zero attached hydrogens (tertiary/aromatic N) is 2. The number of fused-ring (bicyclic) bond motifs is 1. The maximum atomic E-state index is 12.8. The Balaban J connectivity index is 0.000000420. The van der Waals surface area contributed by atoms with Gasteiger partial charge in [0.05, 0.1) is 19.8 Å². The van der Waals surface area contributed by atoms with E-state index in [1.54, 1.807) is 35.3 Å². The number of hydrogen-bond donors (Lipinski definition) is 0. The molecular formula is C30H46N2O10S. The second-order valence-corrected chi connectivity index (χ2v) is 11.2. The molecule has 2 aromatic rings. The fourth-order valence-electron chi connectivity index (χ4n) is 4.08. The molecule has 12 nitrogen and oxygen atoms in total. The zero-order valence-electron chi connectivity index (χ0n) is 25.5. The van der Waals surface area contributed by atoms with Gasteiger partial charge in [-0.3, -0.25) is 4.18 Å². The molecule has 0 radical (unpaired) electrons. The number of esters is 2. The molecule has 0 N–H and O–H groups in total. The second kappa shape index (κ2) is 19.9. The number of carbonyl (C=O) groups excluding carboxylic acids is 2. The highest BCUT2D eigenvalue weighted by Gasteiger charge is 2.36. The van der Waals surface area contributed by atoms with Gasteiger partial charge in [0, 0.05) is 0 Å². The lowest BCUT2D eigenvalue weighted by molar-refractivity contribution is -0.699. The summed E-state index contributed by atoms with van der Waals surface area (Å²) in [6, 6.07) is 4.14. The molecule has 1 aliphatic heterocycles. The number of aromatic nitrogens is 2. The molecule has 0 spiro atoms. The maximum Gasteiger partial charge on any atom is 0.364 e. The lowest BCUT2D eigenvalue weighted by atomic mass is 10.1. The van der Waals surface area contributed by atoms with Crippen molar-refractivity contribution in [1.29, 1.82) is 0 Å². The van der Waals surface area contributed by atoms with Crippen LogP contribution in [0.2, 0.25) is 0 Å². The minimum Gasteiger partial charge on any atom is -0.726 e. The highest BCUT2D eigenvalue weighted by atomic mass is 32.3. The van der Waals surface area contributed by atoms with Crippen molar-refractivity contribution in [1.82, 2.24) is 4.57 Å². The summed E-state index contributed by atoms with van der Waals surface area (Å²) in [7, 11) is -4.47. The fourth-order valence-corrected chi connectivity index (χ4v) is 4.40. The van der Waals surface area contributed by atoms with Crippen molar-refractivity contribution in [2.24, 2.45) is 0 Å². The second-order valence-electron chi connectivity index (χ2n) is 10.2. The summed E-state index contributed by atoms with van der Waals surface area (Å²) in [5.74, 6) is -0.00216. The molecule has 0 bridgehead atoms. The molecule has 1 aromatic carbocycles. The molecule has 43 heavy (non-hydrogen) atoms. The van der Waals surface area contributed by atoms with Crippen molar-refractivity contribution in [3.8, 4) is 11.5 Å². The molecule has 3 rings (SSSR count). The van der Waals surface area contributed by atoms with Crippen molar-refractivity contribution in [3.63, 3.8) is 0 Å². The molecule has 1 unspecified atom stereocenters. The third-order valence-corrected chi connectivity index (χ3v) is 6.97. The van der Waals surface area contributed by atoms with Gasteiger partial charge in [-0.1, -0.05) is 71.8 Å². The predicted molar refractivity (Wildman–Crippen MR) is 156 cm³/mol. The van der Waals surface area contributed by atoms with Crippen LogP contribution in [0.25, 0.3) is 0 Å². The van der Waals surface area contributed by atoms with Gasteiger partial charge in [-0.2, -0.15) is 0 Å². The summed E-state index contributed by atoms with van der Waals surface area (Å²) < 4.78 is 58.9. The van der Waals surface area contributed by atoms with Gasteiger partial charge >= 0.3 is 11.9 Å². The van der Waals surface area contributed by atoms with Crippen LogP contribution in [-0.4, -0.2) is 49.5 Å². The molecule has 1 aliphatic rings. The monoisotopic (exact) mass is 626 g/mol. The molecule has 0 amide bonds. The van der Waals surface area contributed by atoms with Crippen LogP contribution in [-0.2, 0) is 46.8 Å². The fraction of sp³-hybridized carbons (Fsp3) is 0.633. The molecule has 13 heteroatoms.